The first-order chi connectivity index (χ1) is 10.6. The highest BCUT2D eigenvalue weighted by Crippen LogP contribution is 2.39. The minimum Gasteiger partial charge on any atom is -0.370 e. The maximum Gasteiger partial charge on any atom is 0.191 e. The molecule has 1 aliphatic rings. The van der Waals surface area contributed by atoms with Gasteiger partial charge in [-0.15, -0.1) is 0 Å². The Labute approximate surface area is 133 Å². The molecule has 0 amide bonds. The van der Waals surface area contributed by atoms with Crippen molar-refractivity contribution in [1.29, 1.82) is 0 Å². The Morgan fingerprint density at radius 3 is 2.27 bits per heavy atom. The van der Waals surface area contributed by atoms with E-state index in [4.69, 9.17) is 5.73 Å². The first-order valence-corrected chi connectivity index (χ1v) is 8.42. The molecule has 0 radical (unpaired) electrons. The molecule has 0 aliphatic heterocycles. The van der Waals surface area contributed by atoms with E-state index in [2.05, 4.69) is 23.7 Å². The Bertz CT molecular complexity index is 486. The zero-order valence-corrected chi connectivity index (χ0v) is 13.8. The number of aliphatic imine (C=N–C) groups is 1. The second-order valence-electron chi connectivity index (χ2n) is 6.19. The van der Waals surface area contributed by atoms with Gasteiger partial charge >= 0.3 is 0 Å². The van der Waals surface area contributed by atoms with E-state index in [0.717, 1.165) is 25.9 Å². The quantitative estimate of drug-likeness (QED) is 0.666. The predicted octanol–water partition coefficient (Wildman–Crippen LogP) is 3.68. The monoisotopic (exact) mass is 305 g/mol. The van der Waals surface area contributed by atoms with Gasteiger partial charge in [0.05, 0.1) is 6.54 Å². The van der Waals surface area contributed by atoms with E-state index in [1.165, 1.54) is 24.8 Å². The van der Waals surface area contributed by atoms with Gasteiger partial charge in [-0.1, -0.05) is 31.4 Å². The second kappa shape index (κ2) is 7.61. The molecule has 1 aromatic rings. The summed E-state index contributed by atoms with van der Waals surface area (Å²) < 4.78 is 13.2. The molecule has 0 saturated heterocycles. The van der Waals surface area contributed by atoms with Gasteiger partial charge in [0.15, 0.2) is 5.96 Å². The van der Waals surface area contributed by atoms with Gasteiger partial charge in [-0.2, -0.15) is 0 Å². The molecule has 1 aliphatic carbocycles. The number of halogens is 1. The molecule has 1 fully saturated rings. The van der Waals surface area contributed by atoms with Crippen molar-refractivity contribution in [3.63, 3.8) is 0 Å². The SMILES string of the molecule is CCN(CC)C(N)=NCC1(c2ccc(F)cc2)CCCCC1. The first-order valence-electron chi connectivity index (χ1n) is 8.42. The molecule has 0 unspecified atom stereocenters. The van der Waals surface area contributed by atoms with Crippen LogP contribution in [0.15, 0.2) is 29.3 Å². The smallest absolute Gasteiger partial charge is 0.191 e. The second-order valence-corrected chi connectivity index (χ2v) is 6.19. The average molecular weight is 305 g/mol. The van der Waals surface area contributed by atoms with Gasteiger partial charge in [0.2, 0.25) is 0 Å². The Kier molecular flexibility index (Phi) is 5.81. The van der Waals surface area contributed by atoms with E-state index < -0.39 is 0 Å². The molecular formula is C18H28FN3. The van der Waals surface area contributed by atoms with E-state index in [0.29, 0.717) is 12.5 Å². The third-order valence-corrected chi connectivity index (χ3v) is 4.90. The first kappa shape index (κ1) is 16.8. The zero-order valence-electron chi connectivity index (χ0n) is 13.8. The number of hydrogen-bond acceptors (Lipinski definition) is 1. The van der Waals surface area contributed by atoms with Gasteiger partial charge < -0.3 is 10.6 Å². The largest absolute Gasteiger partial charge is 0.370 e. The molecule has 122 valence electrons. The molecule has 1 saturated carbocycles. The topological polar surface area (TPSA) is 41.6 Å². The van der Waals surface area contributed by atoms with Gasteiger partial charge in [-0.3, -0.25) is 4.99 Å². The van der Waals surface area contributed by atoms with Crippen LogP contribution in [0.3, 0.4) is 0 Å². The number of hydrogen-bond donors (Lipinski definition) is 1. The molecule has 2 N–H and O–H groups in total. The van der Waals surface area contributed by atoms with E-state index in [-0.39, 0.29) is 11.2 Å². The average Bonchev–Trinajstić information content (AvgIpc) is 2.55. The number of rotatable bonds is 5. The maximum atomic E-state index is 13.2. The minimum atomic E-state index is -0.180. The van der Waals surface area contributed by atoms with Crippen molar-refractivity contribution < 1.29 is 4.39 Å². The van der Waals surface area contributed by atoms with Crippen LogP contribution >= 0.6 is 0 Å². The minimum absolute atomic E-state index is 0.0176. The molecule has 2 rings (SSSR count). The van der Waals surface area contributed by atoms with Gasteiger partial charge in [0.1, 0.15) is 5.82 Å². The number of guanidine groups is 1. The molecule has 1 aromatic carbocycles. The van der Waals surface area contributed by atoms with Crippen LogP contribution in [0.2, 0.25) is 0 Å². The normalized spacial score (nSPS) is 18.2. The van der Waals surface area contributed by atoms with Crippen molar-refractivity contribution in [2.45, 2.75) is 51.4 Å². The summed E-state index contributed by atoms with van der Waals surface area (Å²) in [5, 5.41) is 0. The molecule has 4 heteroatoms. The fourth-order valence-electron chi connectivity index (χ4n) is 3.45. The third-order valence-electron chi connectivity index (χ3n) is 4.90. The van der Waals surface area contributed by atoms with Crippen LogP contribution in [0.1, 0.15) is 51.5 Å². The summed E-state index contributed by atoms with van der Waals surface area (Å²) in [4.78, 5) is 6.76. The van der Waals surface area contributed by atoms with Crippen molar-refractivity contribution >= 4 is 5.96 Å². The van der Waals surface area contributed by atoms with E-state index in [9.17, 15) is 4.39 Å². The standard InChI is InChI=1S/C18H28FN3/c1-3-22(4-2)17(20)21-14-18(12-6-5-7-13-18)15-8-10-16(19)11-9-15/h8-11H,3-7,12-14H2,1-2H3,(H2,20,21). The third kappa shape index (κ3) is 3.79. The fourth-order valence-corrected chi connectivity index (χ4v) is 3.45. The predicted molar refractivity (Wildman–Crippen MR) is 90.6 cm³/mol. The summed E-state index contributed by atoms with van der Waals surface area (Å²) in [5.41, 5.74) is 7.35. The number of nitrogens with two attached hydrogens (primary N) is 1. The molecular weight excluding hydrogens is 277 g/mol. The fraction of sp³-hybridized carbons (Fsp3) is 0.611. The lowest BCUT2D eigenvalue weighted by molar-refractivity contribution is 0.299. The van der Waals surface area contributed by atoms with Crippen LogP contribution in [-0.2, 0) is 5.41 Å². The van der Waals surface area contributed by atoms with Crippen LogP contribution in [0.4, 0.5) is 4.39 Å². The van der Waals surface area contributed by atoms with Gasteiger partial charge in [-0.25, -0.2) is 4.39 Å². The number of nitrogens with zero attached hydrogens (tertiary/aromatic N) is 2. The highest BCUT2D eigenvalue weighted by Gasteiger charge is 2.33. The Hall–Kier alpha value is -1.58. The van der Waals surface area contributed by atoms with Crippen LogP contribution in [0.5, 0.6) is 0 Å². The summed E-state index contributed by atoms with van der Waals surface area (Å²) in [6, 6.07) is 6.96. The Balaban J connectivity index is 2.22. The molecule has 0 aromatic heterocycles. The van der Waals surface area contributed by atoms with Crippen LogP contribution < -0.4 is 5.73 Å². The van der Waals surface area contributed by atoms with E-state index in [1.54, 1.807) is 12.1 Å². The van der Waals surface area contributed by atoms with Gasteiger partial charge in [0.25, 0.3) is 0 Å². The molecule has 0 atom stereocenters. The van der Waals surface area contributed by atoms with Crippen molar-refractivity contribution in [2.24, 2.45) is 10.7 Å². The lowest BCUT2D eigenvalue weighted by Crippen LogP contribution is -2.39. The Morgan fingerprint density at radius 1 is 1.14 bits per heavy atom. The van der Waals surface area contributed by atoms with Gasteiger partial charge in [0, 0.05) is 18.5 Å². The lowest BCUT2D eigenvalue weighted by Gasteiger charge is -2.37. The van der Waals surface area contributed by atoms with Crippen LogP contribution in [0, 0.1) is 5.82 Å². The van der Waals surface area contributed by atoms with Crippen molar-refractivity contribution in [2.75, 3.05) is 19.6 Å². The van der Waals surface area contributed by atoms with Crippen molar-refractivity contribution in [3.8, 4) is 0 Å². The van der Waals surface area contributed by atoms with Gasteiger partial charge in [-0.05, 0) is 44.4 Å². The highest BCUT2D eigenvalue weighted by molar-refractivity contribution is 5.78. The molecule has 0 spiro atoms. The molecule has 0 heterocycles. The number of benzene rings is 1. The van der Waals surface area contributed by atoms with Crippen molar-refractivity contribution in [3.05, 3.63) is 35.6 Å². The van der Waals surface area contributed by atoms with E-state index in [1.807, 2.05) is 12.1 Å². The van der Waals surface area contributed by atoms with Crippen molar-refractivity contribution in [1.82, 2.24) is 4.90 Å². The lowest BCUT2D eigenvalue weighted by atomic mass is 9.69. The van der Waals surface area contributed by atoms with Crippen LogP contribution in [0.25, 0.3) is 0 Å². The maximum absolute atomic E-state index is 13.2. The summed E-state index contributed by atoms with van der Waals surface area (Å²) in [6.45, 7) is 6.61. The summed E-state index contributed by atoms with van der Waals surface area (Å²) in [7, 11) is 0. The molecule has 0 bridgehead atoms. The summed E-state index contributed by atoms with van der Waals surface area (Å²) in [5.74, 6) is 0.443. The Morgan fingerprint density at radius 2 is 1.73 bits per heavy atom. The zero-order chi connectivity index (χ0) is 16.0. The highest BCUT2D eigenvalue weighted by atomic mass is 19.1. The molecule has 22 heavy (non-hydrogen) atoms. The van der Waals surface area contributed by atoms with Crippen LogP contribution in [-0.4, -0.2) is 30.5 Å². The summed E-state index contributed by atoms with van der Waals surface area (Å²) >= 11 is 0. The molecule has 3 nitrogen and oxygen atoms in total. The van der Waals surface area contributed by atoms with E-state index >= 15 is 0 Å². The summed E-state index contributed by atoms with van der Waals surface area (Å²) in [6.07, 6.45) is 5.90.